The quantitative estimate of drug-likeness (QED) is 0.338. The van der Waals surface area contributed by atoms with Gasteiger partial charge in [-0.1, -0.05) is 36.6 Å². The van der Waals surface area contributed by atoms with Crippen molar-refractivity contribution < 1.29 is 24.3 Å². The predicted octanol–water partition coefficient (Wildman–Crippen LogP) is 4.88. The molecule has 0 bridgehead atoms. The second-order valence-corrected chi connectivity index (χ2v) is 8.59. The number of phenols is 1. The highest BCUT2D eigenvalue weighted by Gasteiger charge is 2.49. The Labute approximate surface area is 190 Å². The van der Waals surface area contributed by atoms with Crippen LogP contribution in [-0.2, 0) is 9.59 Å². The third kappa shape index (κ3) is 3.80. The molecule has 2 N–H and O–H groups in total. The molecule has 1 aromatic heterocycles. The van der Waals surface area contributed by atoms with Crippen LogP contribution >= 0.6 is 0 Å². The average molecular weight is 444 g/mol. The molecule has 1 aliphatic heterocycles. The summed E-state index contributed by atoms with van der Waals surface area (Å²) in [5.74, 6) is -1.40. The fourth-order valence-electron chi connectivity index (χ4n) is 4.97. The van der Waals surface area contributed by atoms with Gasteiger partial charge in [0, 0.05) is 22.9 Å². The molecule has 2 aromatic carbocycles. The van der Waals surface area contributed by atoms with Gasteiger partial charge in [-0.05, 0) is 55.2 Å². The summed E-state index contributed by atoms with van der Waals surface area (Å²) in [4.78, 5) is 28.0. The van der Waals surface area contributed by atoms with E-state index in [0.717, 1.165) is 37.7 Å². The lowest BCUT2D eigenvalue weighted by Crippen LogP contribution is -2.40. The summed E-state index contributed by atoms with van der Waals surface area (Å²) in [6.45, 7) is 0. The van der Waals surface area contributed by atoms with Gasteiger partial charge >= 0.3 is 0 Å². The van der Waals surface area contributed by atoms with E-state index in [4.69, 9.17) is 4.52 Å². The van der Waals surface area contributed by atoms with E-state index in [0.29, 0.717) is 16.9 Å². The number of aliphatic hydroxyl groups is 1. The van der Waals surface area contributed by atoms with Gasteiger partial charge in [-0.3, -0.25) is 14.5 Å². The lowest BCUT2D eigenvalue weighted by Gasteiger charge is -2.34. The van der Waals surface area contributed by atoms with Crippen molar-refractivity contribution in [1.29, 1.82) is 0 Å². The minimum absolute atomic E-state index is 0.0584. The second-order valence-electron chi connectivity index (χ2n) is 8.59. The highest BCUT2D eigenvalue weighted by Crippen LogP contribution is 2.41. The van der Waals surface area contributed by atoms with Crippen LogP contribution in [0.1, 0.15) is 37.7 Å². The monoisotopic (exact) mass is 444 g/mol. The van der Waals surface area contributed by atoms with Crippen molar-refractivity contribution in [2.75, 3.05) is 4.90 Å². The van der Waals surface area contributed by atoms with Gasteiger partial charge in [-0.2, -0.15) is 0 Å². The second kappa shape index (κ2) is 8.58. The number of rotatable bonds is 4. The largest absolute Gasteiger partial charge is 0.508 e. The summed E-state index contributed by atoms with van der Waals surface area (Å²) in [5, 5.41) is 24.6. The lowest BCUT2D eigenvalue weighted by molar-refractivity contribution is -0.132. The van der Waals surface area contributed by atoms with E-state index < -0.39 is 17.7 Å². The molecule has 168 valence electrons. The molecule has 2 aliphatic rings. The summed E-state index contributed by atoms with van der Waals surface area (Å²) in [6, 6.07) is 14.5. The minimum Gasteiger partial charge on any atom is -0.508 e. The summed E-state index contributed by atoms with van der Waals surface area (Å²) < 4.78 is 4.91. The first-order chi connectivity index (χ1) is 16.0. The zero-order chi connectivity index (χ0) is 22.9. The molecule has 1 saturated heterocycles. The molecule has 3 aromatic rings. The van der Waals surface area contributed by atoms with Crippen LogP contribution in [0.5, 0.6) is 5.75 Å². The number of anilines is 1. The molecule has 2 fully saturated rings. The molecule has 7 heteroatoms. The normalized spacial score (nSPS) is 21.0. The topological polar surface area (TPSA) is 104 Å². The maximum Gasteiger partial charge on any atom is 0.299 e. The number of carbonyl (C=O) groups excluding carboxylic acids is 2. The van der Waals surface area contributed by atoms with Crippen molar-refractivity contribution >= 4 is 23.1 Å². The molecule has 1 unspecified atom stereocenters. The van der Waals surface area contributed by atoms with E-state index in [9.17, 15) is 19.8 Å². The van der Waals surface area contributed by atoms with Gasteiger partial charge in [0.25, 0.3) is 11.7 Å². The zero-order valence-corrected chi connectivity index (χ0v) is 18.0. The molecule has 33 heavy (non-hydrogen) atoms. The maximum absolute atomic E-state index is 13.2. The Bertz CT molecular complexity index is 1190. The first-order valence-electron chi connectivity index (χ1n) is 11.2. The number of aromatic hydroxyl groups is 1. The molecule has 0 spiro atoms. The van der Waals surface area contributed by atoms with Gasteiger partial charge in [0.1, 0.15) is 23.5 Å². The van der Waals surface area contributed by atoms with Crippen LogP contribution in [0.3, 0.4) is 0 Å². The number of hydrogen-bond acceptors (Lipinski definition) is 6. The number of benzene rings is 2. The van der Waals surface area contributed by atoms with Crippen molar-refractivity contribution in [3.63, 3.8) is 0 Å². The highest BCUT2D eigenvalue weighted by atomic mass is 16.5. The van der Waals surface area contributed by atoms with Crippen LogP contribution in [0, 0.1) is 5.92 Å². The minimum atomic E-state index is -0.684. The number of phenolic OH excluding ortho intramolecular Hbond substituents is 1. The number of carbonyl (C=O) groups is 2. The standard InChI is InChI=1S/C26H24N2O5/c29-20-12-8-18(9-13-20)24(30)22-23(17-4-2-1-3-5-17)28(26(32)25(22)31)19-10-6-16(7-11-19)21-14-15-33-27-21/h6-15,17,23,29-30H,1-5H2. The number of Topliss-reactive ketones (excluding diaryl/α,β-unsaturated/α-hetero) is 1. The Hall–Kier alpha value is -3.87. The van der Waals surface area contributed by atoms with Gasteiger partial charge in [0.05, 0.1) is 11.6 Å². The molecule has 5 rings (SSSR count). The molecular weight excluding hydrogens is 420 g/mol. The Kier molecular flexibility index (Phi) is 5.46. The molecule has 1 saturated carbocycles. The van der Waals surface area contributed by atoms with Crippen LogP contribution < -0.4 is 4.90 Å². The predicted molar refractivity (Wildman–Crippen MR) is 122 cm³/mol. The number of aliphatic hydroxyl groups excluding tert-OH is 1. The number of amides is 1. The van der Waals surface area contributed by atoms with Gasteiger partial charge in [0.15, 0.2) is 0 Å². The number of hydrogen-bond donors (Lipinski definition) is 2. The summed E-state index contributed by atoms with van der Waals surface area (Å²) in [7, 11) is 0. The number of nitrogens with zero attached hydrogens (tertiary/aromatic N) is 2. The summed E-state index contributed by atoms with van der Waals surface area (Å²) in [6.07, 6.45) is 6.43. The van der Waals surface area contributed by atoms with Crippen molar-refractivity contribution in [3.05, 3.63) is 72.0 Å². The summed E-state index contributed by atoms with van der Waals surface area (Å²) >= 11 is 0. The van der Waals surface area contributed by atoms with Gasteiger partial charge < -0.3 is 14.7 Å². The number of aromatic nitrogens is 1. The van der Waals surface area contributed by atoms with Crippen LogP contribution in [0.25, 0.3) is 17.0 Å². The van der Waals surface area contributed by atoms with Crippen molar-refractivity contribution in [1.82, 2.24) is 5.16 Å². The third-order valence-corrected chi connectivity index (χ3v) is 6.60. The fourth-order valence-corrected chi connectivity index (χ4v) is 4.97. The Balaban J connectivity index is 1.59. The van der Waals surface area contributed by atoms with E-state index in [1.54, 1.807) is 30.3 Å². The molecule has 1 atom stereocenters. The van der Waals surface area contributed by atoms with Crippen LogP contribution in [0.4, 0.5) is 5.69 Å². The average Bonchev–Trinajstić information content (AvgIpc) is 3.47. The third-order valence-electron chi connectivity index (χ3n) is 6.60. The fraction of sp³-hybridized carbons (Fsp3) is 0.269. The zero-order valence-electron chi connectivity index (χ0n) is 18.0. The molecule has 0 radical (unpaired) electrons. The first-order valence-corrected chi connectivity index (χ1v) is 11.2. The van der Waals surface area contributed by atoms with E-state index in [1.807, 2.05) is 12.1 Å². The van der Waals surface area contributed by atoms with Crippen LogP contribution in [-0.4, -0.2) is 33.1 Å². The van der Waals surface area contributed by atoms with E-state index >= 15 is 0 Å². The van der Waals surface area contributed by atoms with Gasteiger partial charge in [-0.15, -0.1) is 0 Å². The van der Waals surface area contributed by atoms with E-state index in [-0.39, 0.29) is 23.0 Å². The molecule has 1 amide bonds. The molecular formula is C26H24N2O5. The summed E-state index contributed by atoms with van der Waals surface area (Å²) in [5.41, 5.74) is 2.65. The lowest BCUT2D eigenvalue weighted by atomic mass is 9.80. The first kappa shape index (κ1) is 21.0. The van der Waals surface area contributed by atoms with E-state index in [2.05, 4.69) is 5.16 Å². The van der Waals surface area contributed by atoms with Crippen molar-refractivity contribution in [2.45, 2.75) is 38.1 Å². The highest BCUT2D eigenvalue weighted by molar-refractivity contribution is 6.51. The maximum atomic E-state index is 13.2. The molecule has 2 heterocycles. The number of ketones is 1. The molecule has 7 nitrogen and oxygen atoms in total. The molecule has 1 aliphatic carbocycles. The van der Waals surface area contributed by atoms with Crippen molar-refractivity contribution in [3.8, 4) is 17.0 Å². The SMILES string of the molecule is O=C1C(=O)N(c2ccc(-c3ccon3)cc2)C(C2CCCCC2)C1=C(O)c1ccc(O)cc1. The van der Waals surface area contributed by atoms with Crippen molar-refractivity contribution in [2.24, 2.45) is 5.92 Å². The van der Waals surface area contributed by atoms with Crippen LogP contribution in [0.2, 0.25) is 0 Å². The van der Waals surface area contributed by atoms with Crippen LogP contribution in [0.15, 0.2) is 71.0 Å². The smallest absolute Gasteiger partial charge is 0.299 e. The Morgan fingerprint density at radius 2 is 1.64 bits per heavy atom. The Morgan fingerprint density at radius 3 is 2.27 bits per heavy atom. The van der Waals surface area contributed by atoms with Gasteiger partial charge in [0.2, 0.25) is 0 Å². The van der Waals surface area contributed by atoms with Gasteiger partial charge in [-0.25, -0.2) is 0 Å². The Morgan fingerprint density at radius 1 is 0.939 bits per heavy atom. The van der Waals surface area contributed by atoms with E-state index in [1.165, 1.54) is 23.3 Å².